The fourth-order valence-electron chi connectivity index (χ4n) is 3.47. The third kappa shape index (κ3) is 4.83. The van der Waals surface area contributed by atoms with Crippen LogP contribution in [0.1, 0.15) is 0 Å². The monoisotopic (exact) mass is 546 g/mol. The van der Waals surface area contributed by atoms with Gasteiger partial charge in [0.1, 0.15) is 10.8 Å². The molecule has 5 rings (SSSR count). The molecule has 1 aliphatic rings. The first kappa shape index (κ1) is 23.6. The number of benzene rings is 3. The normalized spacial score (nSPS) is 15.3. The van der Waals surface area contributed by atoms with Gasteiger partial charge in [-0.15, -0.1) is 10.2 Å². The number of carbonyl (C=O) groups is 1. The van der Waals surface area contributed by atoms with E-state index in [1.54, 1.807) is 48.5 Å². The van der Waals surface area contributed by atoms with E-state index in [9.17, 15) is 13.2 Å². The lowest BCUT2D eigenvalue weighted by Gasteiger charge is -2.34. The maximum Gasteiger partial charge on any atom is 0.269 e. The first-order chi connectivity index (χ1) is 16.8. The minimum Gasteiger partial charge on any atom is -0.476 e. The molecular formula is C23H16Cl2N4O4S2. The summed E-state index contributed by atoms with van der Waals surface area (Å²) in [6.45, 7) is -0.226. The number of halogens is 2. The van der Waals surface area contributed by atoms with Crippen molar-refractivity contribution in [3.63, 3.8) is 0 Å². The van der Waals surface area contributed by atoms with Gasteiger partial charge in [0.15, 0.2) is 6.10 Å². The van der Waals surface area contributed by atoms with Crippen LogP contribution >= 0.6 is 34.5 Å². The van der Waals surface area contributed by atoms with Gasteiger partial charge in [-0.2, -0.15) is 0 Å². The van der Waals surface area contributed by atoms with Crippen molar-refractivity contribution < 1.29 is 17.9 Å². The zero-order valence-corrected chi connectivity index (χ0v) is 20.9. The van der Waals surface area contributed by atoms with Gasteiger partial charge in [0, 0.05) is 15.6 Å². The lowest BCUT2D eigenvalue weighted by Crippen LogP contribution is -2.48. The summed E-state index contributed by atoms with van der Waals surface area (Å²) < 4.78 is 33.9. The van der Waals surface area contributed by atoms with Gasteiger partial charge < -0.3 is 4.74 Å². The number of nitrogens with one attached hydrogen (secondary N) is 1. The molecule has 1 aliphatic heterocycles. The van der Waals surface area contributed by atoms with Gasteiger partial charge in [0.2, 0.25) is 5.13 Å². The van der Waals surface area contributed by atoms with Crippen molar-refractivity contribution in [1.82, 2.24) is 10.2 Å². The van der Waals surface area contributed by atoms with Crippen molar-refractivity contribution in [2.75, 3.05) is 16.2 Å². The van der Waals surface area contributed by atoms with Crippen LogP contribution in [0.3, 0.4) is 0 Å². The molecule has 0 radical (unpaired) electrons. The standard InChI is InChI=1S/C23H16Cl2N4O4S2/c24-15-7-5-14(6-8-15)22-27-28-23(34-22)26-21(30)20-13-29(18-3-1-2-4-19(18)33-20)35(31,32)17-11-9-16(25)10-12-17/h1-12,20H,13H2,(H,26,28,30). The van der Waals surface area contributed by atoms with E-state index >= 15 is 0 Å². The smallest absolute Gasteiger partial charge is 0.269 e. The van der Waals surface area contributed by atoms with Gasteiger partial charge >= 0.3 is 0 Å². The number of amides is 1. The van der Waals surface area contributed by atoms with Crippen LogP contribution in [-0.4, -0.2) is 37.2 Å². The zero-order valence-electron chi connectivity index (χ0n) is 17.8. The minimum atomic E-state index is -3.99. The predicted molar refractivity (Wildman–Crippen MR) is 136 cm³/mol. The average molecular weight is 547 g/mol. The van der Waals surface area contributed by atoms with E-state index in [4.69, 9.17) is 27.9 Å². The predicted octanol–water partition coefficient (Wildman–Crippen LogP) is 5.11. The second kappa shape index (κ2) is 9.46. The van der Waals surface area contributed by atoms with Crippen LogP contribution in [-0.2, 0) is 14.8 Å². The Morgan fingerprint density at radius 1 is 0.971 bits per heavy atom. The molecule has 3 aromatic carbocycles. The molecule has 0 saturated heterocycles. The molecule has 12 heteroatoms. The highest BCUT2D eigenvalue weighted by atomic mass is 35.5. The Bertz CT molecular complexity index is 1490. The van der Waals surface area contributed by atoms with Crippen LogP contribution in [0.25, 0.3) is 10.6 Å². The summed E-state index contributed by atoms with van der Waals surface area (Å²) in [5, 5.41) is 12.7. The molecule has 1 N–H and O–H groups in total. The number of hydrogen-bond donors (Lipinski definition) is 1. The van der Waals surface area contributed by atoms with Crippen molar-refractivity contribution in [2.45, 2.75) is 11.0 Å². The fourth-order valence-corrected chi connectivity index (χ4v) is 5.95. The molecule has 4 aromatic rings. The number of rotatable bonds is 5. The van der Waals surface area contributed by atoms with Crippen molar-refractivity contribution in [1.29, 1.82) is 0 Å². The first-order valence-electron chi connectivity index (χ1n) is 10.3. The summed E-state index contributed by atoms with van der Waals surface area (Å²) in [7, 11) is -3.99. The summed E-state index contributed by atoms with van der Waals surface area (Å²) in [5.41, 5.74) is 1.14. The van der Waals surface area contributed by atoms with Gasteiger partial charge in [0.05, 0.1) is 17.1 Å². The second-order valence-corrected chi connectivity index (χ2v) is 11.2. The number of anilines is 2. The summed E-state index contributed by atoms with van der Waals surface area (Å²) >= 11 is 13.0. The Labute approximate surface area is 215 Å². The van der Waals surface area contributed by atoms with Crippen LogP contribution in [0.15, 0.2) is 77.7 Å². The zero-order chi connectivity index (χ0) is 24.6. The number of aromatic nitrogens is 2. The molecule has 1 atom stereocenters. The molecule has 1 aromatic heterocycles. The van der Waals surface area contributed by atoms with E-state index in [2.05, 4.69) is 15.5 Å². The highest BCUT2D eigenvalue weighted by molar-refractivity contribution is 7.92. The quantitative estimate of drug-likeness (QED) is 0.373. The maximum absolute atomic E-state index is 13.4. The molecule has 35 heavy (non-hydrogen) atoms. The molecule has 0 bridgehead atoms. The summed E-state index contributed by atoms with van der Waals surface area (Å²) in [5.74, 6) is -0.273. The number of para-hydroxylation sites is 2. The number of carbonyl (C=O) groups excluding carboxylic acids is 1. The van der Waals surface area contributed by atoms with E-state index in [1.165, 1.54) is 39.9 Å². The number of fused-ring (bicyclic) bond motifs is 1. The highest BCUT2D eigenvalue weighted by Crippen LogP contribution is 2.37. The van der Waals surface area contributed by atoms with Gasteiger partial charge in [-0.25, -0.2) is 8.42 Å². The van der Waals surface area contributed by atoms with Crippen LogP contribution in [0.5, 0.6) is 5.75 Å². The third-order valence-electron chi connectivity index (χ3n) is 5.18. The Balaban J connectivity index is 1.40. The molecule has 0 saturated carbocycles. The fraction of sp³-hybridized carbons (Fsp3) is 0.0870. The van der Waals surface area contributed by atoms with E-state index in [0.29, 0.717) is 20.7 Å². The summed E-state index contributed by atoms with van der Waals surface area (Å²) in [6, 6.07) is 19.6. The third-order valence-corrected chi connectivity index (χ3v) is 8.36. The molecule has 8 nitrogen and oxygen atoms in total. The van der Waals surface area contributed by atoms with Crippen LogP contribution in [0, 0.1) is 0 Å². The SMILES string of the molecule is O=C(Nc1nnc(-c2ccc(Cl)cc2)s1)C1CN(S(=O)(=O)c2ccc(Cl)cc2)c2ccccc2O1. The topological polar surface area (TPSA) is 101 Å². The first-order valence-corrected chi connectivity index (χ1v) is 13.3. The van der Waals surface area contributed by atoms with Crippen molar-refractivity contribution in [2.24, 2.45) is 0 Å². The van der Waals surface area contributed by atoms with Crippen LogP contribution in [0.2, 0.25) is 10.0 Å². The van der Waals surface area contributed by atoms with Crippen molar-refractivity contribution in [3.8, 4) is 16.3 Å². The molecule has 1 unspecified atom stereocenters. The van der Waals surface area contributed by atoms with Crippen molar-refractivity contribution in [3.05, 3.63) is 82.8 Å². The molecule has 0 fully saturated rings. The molecule has 2 heterocycles. The van der Waals surface area contributed by atoms with Crippen LogP contribution in [0.4, 0.5) is 10.8 Å². The van der Waals surface area contributed by atoms with Gasteiger partial charge in [-0.05, 0) is 48.5 Å². The molecule has 178 valence electrons. The summed E-state index contributed by atoms with van der Waals surface area (Å²) in [4.78, 5) is 13.1. The Morgan fingerprint density at radius 2 is 1.63 bits per heavy atom. The Kier molecular flexibility index (Phi) is 6.37. The van der Waals surface area contributed by atoms with Crippen LogP contribution < -0.4 is 14.4 Å². The largest absolute Gasteiger partial charge is 0.476 e. The van der Waals surface area contributed by atoms with Gasteiger partial charge in [0.25, 0.3) is 15.9 Å². The Morgan fingerprint density at radius 3 is 2.34 bits per heavy atom. The molecule has 0 aliphatic carbocycles. The minimum absolute atomic E-state index is 0.0505. The molecular weight excluding hydrogens is 531 g/mol. The maximum atomic E-state index is 13.4. The second-order valence-electron chi connectivity index (χ2n) is 7.47. The van der Waals surface area contributed by atoms with E-state index < -0.39 is 22.0 Å². The lowest BCUT2D eigenvalue weighted by molar-refractivity contribution is -0.122. The van der Waals surface area contributed by atoms with Crippen molar-refractivity contribution >= 4 is 61.3 Å². The highest BCUT2D eigenvalue weighted by Gasteiger charge is 2.37. The van der Waals surface area contributed by atoms with E-state index in [-0.39, 0.29) is 22.3 Å². The average Bonchev–Trinajstić information content (AvgIpc) is 3.32. The van der Waals surface area contributed by atoms with E-state index in [0.717, 1.165) is 5.56 Å². The number of ether oxygens (including phenoxy) is 1. The number of hydrogen-bond acceptors (Lipinski definition) is 7. The molecule has 0 spiro atoms. The Hall–Kier alpha value is -3.18. The van der Waals surface area contributed by atoms with E-state index in [1.807, 2.05) is 0 Å². The van der Waals surface area contributed by atoms with Gasteiger partial charge in [-0.1, -0.05) is 58.8 Å². The summed E-state index contributed by atoms with van der Waals surface area (Å²) in [6.07, 6.45) is -1.12. The number of sulfonamides is 1. The van der Waals surface area contributed by atoms with Gasteiger partial charge in [-0.3, -0.25) is 14.4 Å². The number of nitrogens with zero attached hydrogens (tertiary/aromatic N) is 3. The lowest BCUT2D eigenvalue weighted by atomic mass is 10.2. The molecule has 1 amide bonds.